The summed E-state index contributed by atoms with van der Waals surface area (Å²) >= 11 is 0. The Labute approximate surface area is 391 Å². The molecule has 3 aromatic carbocycles. The van der Waals surface area contributed by atoms with Crippen LogP contribution in [0.4, 0.5) is 5.69 Å². The summed E-state index contributed by atoms with van der Waals surface area (Å²) in [6, 6.07) is 10.7. The molecule has 1 amide bonds. The number of aliphatic hydroxyl groups excluding tert-OH is 4. The van der Waals surface area contributed by atoms with E-state index in [9.17, 15) is 45.3 Å². The number of aliphatic hydroxyl groups is 5. The highest BCUT2D eigenvalue weighted by Gasteiger charge is 2.56. The number of phenolic OH excluding ortho intramolecular Hbond substituents is 2. The van der Waals surface area contributed by atoms with Crippen molar-refractivity contribution < 1.29 is 59.5 Å². The summed E-state index contributed by atoms with van der Waals surface area (Å²) in [5.41, 5.74) is -0.266. The van der Waals surface area contributed by atoms with E-state index in [-0.39, 0.29) is 53.1 Å². The second kappa shape index (κ2) is 18.4. The van der Waals surface area contributed by atoms with Gasteiger partial charge in [-0.1, -0.05) is 31.1 Å². The summed E-state index contributed by atoms with van der Waals surface area (Å²) < 4.78 is 14.0. The predicted octanol–water partition coefficient (Wildman–Crippen LogP) is 3.24. The van der Waals surface area contributed by atoms with Gasteiger partial charge >= 0.3 is 0 Å². The number of nitrogens with one attached hydrogen (secondary N) is 2. The molecule has 2 fully saturated rings. The highest BCUT2D eigenvalue weighted by atomic mass is 17.2. The van der Waals surface area contributed by atoms with Crippen LogP contribution in [0.5, 0.6) is 17.2 Å². The minimum absolute atomic E-state index is 0.0415. The van der Waals surface area contributed by atoms with Gasteiger partial charge in [0, 0.05) is 79.3 Å². The molecule has 68 heavy (non-hydrogen) atoms. The molecule has 9 atom stereocenters. The molecule has 1 saturated heterocycles. The van der Waals surface area contributed by atoms with Crippen LogP contribution in [-0.2, 0) is 27.4 Å². The zero-order valence-corrected chi connectivity index (χ0v) is 37.7. The Hall–Kier alpha value is -5.63. The van der Waals surface area contributed by atoms with Gasteiger partial charge in [-0.05, 0) is 85.4 Å². The number of benzene rings is 3. The van der Waals surface area contributed by atoms with E-state index >= 15 is 0 Å². The van der Waals surface area contributed by atoms with Gasteiger partial charge in [-0.15, -0.1) is 0 Å². The summed E-state index contributed by atoms with van der Waals surface area (Å²) in [5.74, 6) is 0.0747. The summed E-state index contributed by atoms with van der Waals surface area (Å²) in [7, 11) is 0. The van der Waals surface area contributed by atoms with Crippen molar-refractivity contribution in [1.82, 2.24) is 10.6 Å². The van der Waals surface area contributed by atoms with Crippen LogP contribution in [0.25, 0.3) is 21.7 Å². The van der Waals surface area contributed by atoms with Gasteiger partial charge in [-0.25, -0.2) is 9.78 Å². The molecule has 9 unspecified atom stereocenters. The van der Waals surface area contributed by atoms with Gasteiger partial charge < -0.3 is 60.4 Å². The fourth-order valence-electron chi connectivity index (χ4n) is 11.2. The van der Waals surface area contributed by atoms with E-state index in [0.29, 0.717) is 82.5 Å². The zero-order valence-electron chi connectivity index (χ0n) is 37.7. The number of aryl methyl sites for hydroxylation is 1. The van der Waals surface area contributed by atoms with Gasteiger partial charge in [-0.2, -0.15) is 0 Å². The molecule has 1 spiro atoms. The van der Waals surface area contributed by atoms with Crippen molar-refractivity contribution in [2.45, 2.75) is 100.0 Å². The molecular formula is C51H58N4O13. The molecule has 1 saturated carbocycles. The highest BCUT2D eigenvalue weighted by molar-refractivity contribution is 5.96. The zero-order chi connectivity index (χ0) is 47.5. The number of hydrogen-bond donors (Lipinski definition) is 9. The molecule has 360 valence electrons. The number of carbonyl (C=O) groups excluding carboxylic acids is 1. The minimum Gasteiger partial charge on any atom is -0.508 e. The molecule has 2 aliphatic carbocycles. The normalized spacial score (nSPS) is 26.7. The second-order valence-corrected chi connectivity index (χ2v) is 19.5. The predicted molar refractivity (Wildman–Crippen MR) is 250 cm³/mol. The third-order valence-electron chi connectivity index (χ3n) is 15.0. The molecule has 4 aliphatic heterocycles. The smallest absolute Gasteiger partial charge is 0.220 e. The number of aliphatic imine (C=N–C) groups is 1. The van der Waals surface area contributed by atoms with E-state index in [2.05, 4.69) is 27.8 Å². The van der Waals surface area contributed by atoms with E-state index in [1.807, 2.05) is 17.2 Å². The fraction of sp³-hybridized carbons (Fsp3) is 0.471. The van der Waals surface area contributed by atoms with E-state index < -0.39 is 55.3 Å². The number of carbonyl (C=O) groups is 1. The van der Waals surface area contributed by atoms with Crippen molar-refractivity contribution in [3.05, 3.63) is 105 Å². The molecule has 10 rings (SSSR count). The highest BCUT2D eigenvalue weighted by Crippen LogP contribution is 2.53. The number of nitrogens with zero attached hydrogens (tertiary/aromatic N) is 2. The average molecular weight is 935 g/mol. The van der Waals surface area contributed by atoms with Crippen LogP contribution < -0.4 is 25.7 Å². The number of hydrogen-bond acceptors (Lipinski definition) is 16. The van der Waals surface area contributed by atoms with Gasteiger partial charge in [0.1, 0.15) is 65.2 Å². The Kier molecular flexibility index (Phi) is 12.5. The Bertz CT molecular complexity index is 2800. The molecule has 0 radical (unpaired) electrons. The Balaban J connectivity index is 1.07. The van der Waals surface area contributed by atoms with E-state index in [1.165, 1.54) is 36.4 Å². The topological polar surface area (TPSA) is 256 Å². The molecule has 4 aromatic rings. The van der Waals surface area contributed by atoms with Crippen molar-refractivity contribution in [1.29, 1.82) is 0 Å². The standard InChI is InChI=1S/C51H58N4O13/c1-27-14-41(59)38-15-31-16-43(68-65-26-50(64,49(63)46(62)42(60)25-56)19-29-7-11-40(58)36-10-9-35(57)18-37(29)36)51(67-47(31)45(48(38)66-27)55-23-30-12-13-52-39(30)24-55)20-28(32-17-44(61)54-21-32)6-8-33(51)22-53-34-4-2-3-5-34/h6-15,18,24,28,32-34,42-43,46,49,53,56-58,60,62-64H,2-5,16-17,19-23,25-26H2,1H3,(H,54,61). The lowest BCUT2D eigenvalue weighted by Crippen LogP contribution is -2.62. The molecule has 1 aromatic heterocycles. The molecule has 17 heteroatoms. The number of rotatable bonds is 15. The SMILES string of the molecule is Cc1cc(=O)c2cc3c(c(N4C=C5N=CC=C5C4)c2o1)OC1(CC(C2CNC(=O)C2)C=CC1CNC1CCCC1)C(OOCC(O)(Cc1ccc(O)c2ccc(O)cc12)C(O)C(O)C(O)CO)C3. The van der Waals surface area contributed by atoms with Crippen LogP contribution in [0.15, 0.2) is 92.4 Å². The quantitative estimate of drug-likeness (QED) is 0.0471. The largest absolute Gasteiger partial charge is 0.508 e. The summed E-state index contributed by atoms with van der Waals surface area (Å²) in [4.78, 5) is 45.8. The molecule has 5 heterocycles. The van der Waals surface area contributed by atoms with Gasteiger partial charge in [-0.3, -0.25) is 14.6 Å². The molecule has 0 bridgehead atoms. The van der Waals surface area contributed by atoms with Crippen molar-refractivity contribution in [3.8, 4) is 17.2 Å². The monoisotopic (exact) mass is 934 g/mol. The second-order valence-electron chi connectivity index (χ2n) is 19.5. The average Bonchev–Trinajstić information content (AvgIpc) is 4.16. The maximum Gasteiger partial charge on any atom is 0.220 e. The Morgan fingerprint density at radius 1 is 1.03 bits per heavy atom. The van der Waals surface area contributed by atoms with Crippen LogP contribution in [0, 0.1) is 24.7 Å². The first kappa shape index (κ1) is 46.1. The summed E-state index contributed by atoms with van der Waals surface area (Å²) in [5, 5.41) is 84.4. The van der Waals surface area contributed by atoms with Crippen LogP contribution in [0.2, 0.25) is 0 Å². The maximum atomic E-state index is 13.8. The van der Waals surface area contributed by atoms with Gasteiger partial charge in [0.2, 0.25) is 5.91 Å². The van der Waals surface area contributed by atoms with E-state index in [0.717, 1.165) is 37.0 Å². The molecule has 6 aliphatic rings. The third-order valence-corrected chi connectivity index (χ3v) is 15.0. The Morgan fingerprint density at radius 3 is 2.62 bits per heavy atom. The number of amides is 1. The van der Waals surface area contributed by atoms with Crippen molar-refractivity contribution in [2.24, 2.45) is 22.7 Å². The molecule has 9 N–H and O–H groups in total. The number of aromatic hydroxyl groups is 2. The van der Waals surface area contributed by atoms with Gasteiger partial charge in [0.05, 0.1) is 24.2 Å². The van der Waals surface area contributed by atoms with Crippen LogP contribution in [0.3, 0.4) is 0 Å². The van der Waals surface area contributed by atoms with Crippen molar-refractivity contribution >= 4 is 39.6 Å². The van der Waals surface area contributed by atoms with Crippen molar-refractivity contribution in [2.75, 3.05) is 37.7 Å². The minimum atomic E-state index is -2.43. The number of phenols is 2. The lowest BCUT2D eigenvalue weighted by Gasteiger charge is -2.51. The van der Waals surface area contributed by atoms with E-state index in [4.69, 9.17) is 18.9 Å². The lowest BCUT2D eigenvalue weighted by molar-refractivity contribution is -0.376. The number of allylic oxidation sites excluding steroid dienone is 2. The molecular weight excluding hydrogens is 877 g/mol. The molecule has 17 nitrogen and oxygen atoms in total. The van der Waals surface area contributed by atoms with Gasteiger partial charge in [0.25, 0.3) is 0 Å². The first-order valence-electron chi connectivity index (χ1n) is 23.5. The number of fused-ring (bicyclic) bond motifs is 4. The lowest BCUT2D eigenvalue weighted by atomic mass is 9.66. The Morgan fingerprint density at radius 2 is 1.85 bits per heavy atom. The van der Waals surface area contributed by atoms with Gasteiger partial charge in [0.15, 0.2) is 16.8 Å². The first-order chi connectivity index (χ1) is 32.7. The number of ether oxygens (including phenoxy) is 1. The third kappa shape index (κ3) is 8.48. The van der Waals surface area contributed by atoms with Crippen LogP contribution >= 0.6 is 0 Å². The fourth-order valence-corrected chi connectivity index (χ4v) is 11.2. The summed E-state index contributed by atoms with van der Waals surface area (Å²) in [6.45, 7) is 1.41. The summed E-state index contributed by atoms with van der Waals surface area (Å²) in [6.07, 6.45) is 7.58. The van der Waals surface area contributed by atoms with Crippen LogP contribution in [0.1, 0.15) is 55.4 Å². The maximum absolute atomic E-state index is 13.8. The number of anilines is 1. The van der Waals surface area contributed by atoms with E-state index in [1.54, 1.807) is 19.2 Å². The van der Waals surface area contributed by atoms with Crippen LogP contribution in [-0.4, -0.2) is 122 Å². The van der Waals surface area contributed by atoms with Crippen molar-refractivity contribution in [3.63, 3.8) is 0 Å². The first-order valence-corrected chi connectivity index (χ1v) is 23.5.